The molecule has 2 saturated carbocycles. The van der Waals surface area contributed by atoms with E-state index in [1.807, 2.05) is 6.92 Å². The lowest BCUT2D eigenvalue weighted by atomic mass is 10.5. The smallest absolute Gasteiger partial charge is 0.155 e. The summed E-state index contributed by atoms with van der Waals surface area (Å²) >= 11 is 0. The first-order valence-corrected chi connectivity index (χ1v) is 4.97. The minimum atomic E-state index is 0.00917. The summed E-state index contributed by atoms with van der Waals surface area (Å²) in [6, 6.07) is 0. The Hall–Kier alpha value is -0.0800. The molecular formula is C10H18O2. The highest BCUT2D eigenvalue weighted by atomic mass is 16.7. The Balaban J connectivity index is 1.61. The topological polar surface area (TPSA) is 18.5 Å². The van der Waals surface area contributed by atoms with E-state index < -0.39 is 0 Å². The van der Waals surface area contributed by atoms with E-state index in [4.69, 9.17) is 9.47 Å². The Morgan fingerprint density at radius 3 is 1.58 bits per heavy atom. The molecule has 2 aliphatic rings. The van der Waals surface area contributed by atoms with Crippen molar-refractivity contribution in [3.8, 4) is 0 Å². The minimum Gasteiger partial charge on any atom is -0.349 e. The van der Waals surface area contributed by atoms with Gasteiger partial charge >= 0.3 is 0 Å². The summed E-state index contributed by atoms with van der Waals surface area (Å²) in [5.41, 5.74) is 0. The number of hydrogen-bond donors (Lipinski definition) is 0. The zero-order valence-corrected chi connectivity index (χ0v) is 8.12. The molecule has 4 unspecified atom stereocenters. The van der Waals surface area contributed by atoms with Crippen LogP contribution in [0.2, 0.25) is 0 Å². The molecule has 2 aliphatic carbocycles. The van der Waals surface area contributed by atoms with E-state index in [0.29, 0.717) is 12.2 Å². The van der Waals surface area contributed by atoms with Crippen LogP contribution in [0.3, 0.4) is 0 Å². The predicted octanol–water partition coefficient (Wildman–Crippen LogP) is 2.18. The van der Waals surface area contributed by atoms with Gasteiger partial charge in [0.1, 0.15) is 0 Å². The zero-order chi connectivity index (χ0) is 8.72. The summed E-state index contributed by atoms with van der Waals surface area (Å²) in [5.74, 6) is 1.51. The van der Waals surface area contributed by atoms with E-state index in [1.54, 1.807) is 0 Å². The van der Waals surface area contributed by atoms with Crippen molar-refractivity contribution in [3.05, 3.63) is 0 Å². The van der Waals surface area contributed by atoms with Crippen LogP contribution in [0.5, 0.6) is 0 Å². The number of hydrogen-bond acceptors (Lipinski definition) is 2. The van der Waals surface area contributed by atoms with E-state index in [2.05, 4.69) is 13.8 Å². The van der Waals surface area contributed by atoms with Crippen LogP contribution < -0.4 is 0 Å². The Morgan fingerprint density at radius 1 is 1.00 bits per heavy atom. The third-order valence-electron chi connectivity index (χ3n) is 2.80. The summed E-state index contributed by atoms with van der Waals surface area (Å²) in [5, 5.41) is 0. The average Bonchev–Trinajstić information content (AvgIpc) is 2.80. The van der Waals surface area contributed by atoms with Crippen molar-refractivity contribution in [2.24, 2.45) is 11.8 Å². The molecule has 0 aromatic carbocycles. The van der Waals surface area contributed by atoms with Crippen molar-refractivity contribution in [1.82, 2.24) is 0 Å². The monoisotopic (exact) mass is 170 g/mol. The fourth-order valence-electron chi connectivity index (χ4n) is 1.48. The molecule has 0 heterocycles. The van der Waals surface area contributed by atoms with Crippen LogP contribution in [0, 0.1) is 11.8 Å². The van der Waals surface area contributed by atoms with Crippen LogP contribution in [0.4, 0.5) is 0 Å². The lowest BCUT2D eigenvalue weighted by Gasteiger charge is -2.13. The molecule has 0 N–H and O–H groups in total. The van der Waals surface area contributed by atoms with Crippen molar-refractivity contribution in [2.45, 2.75) is 52.1 Å². The molecule has 0 bridgehead atoms. The fraction of sp³-hybridized carbons (Fsp3) is 1.00. The van der Waals surface area contributed by atoms with Crippen molar-refractivity contribution >= 4 is 0 Å². The first-order valence-electron chi connectivity index (χ1n) is 4.97. The third-order valence-corrected chi connectivity index (χ3v) is 2.80. The summed E-state index contributed by atoms with van der Waals surface area (Å²) < 4.78 is 11.3. The second-order valence-electron chi connectivity index (χ2n) is 4.34. The van der Waals surface area contributed by atoms with E-state index in [-0.39, 0.29) is 6.29 Å². The second kappa shape index (κ2) is 3.00. The Bertz CT molecular complexity index is 151. The van der Waals surface area contributed by atoms with Gasteiger partial charge in [0.25, 0.3) is 0 Å². The molecule has 4 atom stereocenters. The van der Waals surface area contributed by atoms with Crippen LogP contribution >= 0.6 is 0 Å². The van der Waals surface area contributed by atoms with Gasteiger partial charge in [0.15, 0.2) is 6.29 Å². The second-order valence-corrected chi connectivity index (χ2v) is 4.34. The maximum atomic E-state index is 5.65. The minimum absolute atomic E-state index is 0.00917. The van der Waals surface area contributed by atoms with Crippen molar-refractivity contribution in [1.29, 1.82) is 0 Å². The molecule has 0 radical (unpaired) electrons. The van der Waals surface area contributed by atoms with Crippen LogP contribution in [0.25, 0.3) is 0 Å². The van der Waals surface area contributed by atoms with Crippen molar-refractivity contribution in [3.63, 3.8) is 0 Å². The molecule has 0 aromatic rings. The molecule has 0 spiro atoms. The normalized spacial score (nSPS) is 47.2. The van der Waals surface area contributed by atoms with E-state index in [0.717, 1.165) is 11.8 Å². The quantitative estimate of drug-likeness (QED) is 0.602. The fourth-order valence-corrected chi connectivity index (χ4v) is 1.48. The summed E-state index contributed by atoms with van der Waals surface area (Å²) in [6.07, 6.45) is 3.40. The molecule has 0 aliphatic heterocycles. The van der Waals surface area contributed by atoms with Gasteiger partial charge in [-0.3, -0.25) is 0 Å². The van der Waals surface area contributed by atoms with Gasteiger partial charge in [-0.05, 0) is 31.6 Å². The van der Waals surface area contributed by atoms with E-state index >= 15 is 0 Å². The highest BCUT2D eigenvalue weighted by molar-refractivity contribution is 4.85. The largest absolute Gasteiger partial charge is 0.349 e. The van der Waals surface area contributed by atoms with Crippen LogP contribution in [0.15, 0.2) is 0 Å². The molecule has 0 saturated heterocycles. The lowest BCUT2D eigenvalue weighted by molar-refractivity contribution is -0.149. The highest BCUT2D eigenvalue weighted by Crippen LogP contribution is 2.37. The van der Waals surface area contributed by atoms with Gasteiger partial charge in [-0.25, -0.2) is 0 Å². The SMILES string of the molecule is CC(OC1CC1C)OC1CC1C. The van der Waals surface area contributed by atoms with E-state index in [9.17, 15) is 0 Å². The van der Waals surface area contributed by atoms with Crippen LogP contribution in [-0.2, 0) is 9.47 Å². The summed E-state index contributed by atoms with van der Waals surface area (Å²) in [7, 11) is 0. The van der Waals surface area contributed by atoms with Crippen molar-refractivity contribution in [2.75, 3.05) is 0 Å². The zero-order valence-electron chi connectivity index (χ0n) is 8.12. The van der Waals surface area contributed by atoms with Gasteiger partial charge < -0.3 is 9.47 Å². The average molecular weight is 170 g/mol. The van der Waals surface area contributed by atoms with Gasteiger partial charge in [-0.2, -0.15) is 0 Å². The summed E-state index contributed by atoms with van der Waals surface area (Å²) in [6.45, 7) is 6.45. The predicted molar refractivity (Wildman–Crippen MR) is 46.8 cm³/mol. The summed E-state index contributed by atoms with van der Waals surface area (Å²) in [4.78, 5) is 0. The molecular weight excluding hydrogens is 152 g/mol. The lowest BCUT2D eigenvalue weighted by Crippen LogP contribution is -2.16. The first-order chi connectivity index (χ1) is 5.66. The van der Waals surface area contributed by atoms with Crippen LogP contribution in [0.1, 0.15) is 33.6 Å². The maximum absolute atomic E-state index is 5.65. The Labute approximate surface area is 74.2 Å². The van der Waals surface area contributed by atoms with Crippen LogP contribution in [-0.4, -0.2) is 18.5 Å². The molecule has 2 nitrogen and oxygen atoms in total. The van der Waals surface area contributed by atoms with Gasteiger partial charge in [0.05, 0.1) is 12.2 Å². The maximum Gasteiger partial charge on any atom is 0.155 e. The van der Waals surface area contributed by atoms with Gasteiger partial charge in [-0.15, -0.1) is 0 Å². The van der Waals surface area contributed by atoms with Gasteiger partial charge in [-0.1, -0.05) is 13.8 Å². The standard InChI is InChI=1S/C10H18O2/c1-6-4-9(6)11-8(3)12-10-5-7(10)2/h6-10H,4-5H2,1-3H3. The number of rotatable bonds is 4. The molecule has 2 heteroatoms. The van der Waals surface area contributed by atoms with Gasteiger partial charge in [0.2, 0.25) is 0 Å². The van der Waals surface area contributed by atoms with Gasteiger partial charge in [0, 0.05) is 0 Å². The number of ether oxygens (including phenoxy) is 2. The molecule has 2 rings (SSSR count). The molecule has 70 valence electrons. The Morgan fingerprint density at radius 2 is 1.33 bits per heavy atom. The van der Waals surface area contributed by atoms with E-state index in [1.165, 1.54) is 12.8 Å². The highest BCUT2D eigenvalue weighted by Gasteiger charge is 2.39. The molecule has 12 heavy (non-hydrogen) atoms. The first kappa shape index (κ1) is 8.52. The third kappa shape index (κ3) is 1.99. The molecule has 0 aromatic heterocycles. The molecule has 2 fully saturated rings. The Kier molecular flexibility index (Phi) is 2.13. The van der Waals surface area contributed by atoms with Crippen molar-refractivity contribution < 1.29 is 9.47 Å². The molecule has 0 amide bonds.